The Hall–Kier alpha value is -2.43. The van der Waals surface area contributed by atoms with Gasteiger partial charge in [-0.15, -0.1) is 0 Å². The summed E-state index contributed by atoms with van der Waals surface area (Å²) in [7, 11) is 1.32. The number of rotatable bonds is 5. The SMILES string of the molecule is COC(=O)C(COc1cccc(F)c1)c1ccncc1. The molecule has 104 valence electrons. The van der Waals surface area contributed by atoms with Gasteiger partial charge in [0.2, 0.25) is 0 Å². The molecule has 0 saturated carbocycles. The summed E-state index contributed by atoms with van der Waals surface area (Å²) in [6, 6.07) is 9.20. The van der Waals surface area contributed by atoms with Crippen molar-refractivity contribution in [1.82, 2.24) is 4.98 Å². The summed E-state index contributed by atoms with van der Waals surface area (Å²) in [6.07, 6.45) is 3.18. The Morgan fingerprint density at radius 3 is 2.70 bits per heavy atom. The average Bonchev–Trinajstić information content (AvgIpc) is 2.48. The molecule has 1 atom stereocenters. The lowest BCUT2D eigenvalue weighted by atomic mass is 10.0. The molecule has 1 aromatic carbocycles. The summed E-state index contributed by atoms with van der Waals surface area (Å²) in [4.78, 5) is 15.7. The lowest BCUT2D eigenvalue weighted by Crippen LogP contribution is -2.21. The largest absolute Gasteiger partial charge is 0.492 e. The predicted octanol–water partition coefficient (Wildman–Crippen LogP) is 2.56. The van der Waals surface area contributed by atoms with Gasteiger partial charge in [-0.05, 0) is 29.8 Å². The minimum absolute atomic E-state index is 0.0696. The molecule has 1 unspecified atom stereocenters. The van der Waals surface area contributed by atoms with Gasteiger partial charge < -0.3 is 9.47 Å². The highest BCUT2D eigenvalue weighted by molar-refractivity contribution is 5.78. The van der Waals surface area contributed by atoms with Crippen molar-refractivity contribution < 1.29 is 18.7 Å². The number of halogens is 1. The maximum absolute atomic E-state index is 13.1. The van der Waals surface area contributed by atoms with Gasteiger partial charge in [0.25, 0.3) is 0 Å². The fourth-order valence-corrected chi connectivity index (χ4v) is 1.77. The Morgan fingerprint density at radius 2 is 2.05 bits per heavy atom. The average molecular weight is 275 g/mol. The van der Waals surface area contributed by atoms with Crippen molar-refractivity contribution in [2.45, 2.75) is 5.92 Å². The summed E-state index contributed by atoms with van der Waals surface area (Å²) in [6.45, 7) is 0.0696. The first-order chi connectivity index (χ1) is 9.70. The van der Waals surface area contributed by atoms with Crippen LogP contribution in [-0.4, -0.2) is 24.7 Å². The molecule has 20 heavy (non-hydrogen) atoms. The molecule has 1 heterocycles. The van der Waals surface area contributed by atoms with Crippen molar-refractivity contribution in [2.24, 2.45) is 0 Å². The number of aromatic nitrogens is 1. The van der Waals surface area contributed by atoms with Gasteiger partial charge in [0, 0.05) is 18.5 Å². The molecule has 2 rings (SSSR count). The van der Waals surface area contributed by atoms with E-state index < -0.39 is 11.9 Å². The molecule has 0 N–H and O–H groups in total. The fraction of sp³-hybridized carbons (Fsp3) is 0.200. The van der Waals surface area contributed by atoms with E-state index in [1.165, 1.54) is 19.2 Å². The molecule has 0 aliphatic heterocycles. The predicted molar refractivity (Wildman–Crippen MR) is 70.9 cm³/mol. The Kier molecular flexibility index (Phi) is 4.65. The maximum atomic E-state index is 13.1. The second-order valence-electron chi connectivity index (χ2n) is 4.12. The molecule has 0 radical (unpaired) electrons. The topological polar surface area (TPSA) is 48.4 Å². The standard InChI is InChI=1S/C15H14FNO3/c1-19-15(18)14(11-5-7-17-8-6-11)10-20-13-4-2-3-12(16)9-13/h2-9,14H,10H2,1H3. The Labute approximate surface area is 116 Å². The van der Waals surface area contributed by atoms with Crippen LogP contribution in [0.15, 0.2) is 48.8 Å². The molecule has 0 fully saturated rings. The quantitative estimate of drug-likeness (QED) is 0.787. The van der Waals surface area contributed by atoms with E-state index in [9.17, 15) is 9.18 Å². The van der Waals surface area contributed by atoms with E-state index in [4.69, 9.17) is 9.47 Å². The van der Waals surface area contributed by atoms with Gasteiger partial charge in [-0.25, -0.2) is 4.39 Å². The monoisotopic (exact) mass is 275 g/mol. The van der Waals surface area contributed by atoms with Crippen molar-refractivity contribution in [3.8, 4) is 5.75 Å². The second-order valence-corrected chi connectivity index (χ2v) is 4.12. The molecule has 5 heteroatoms. The number of hydrogen-bond acceptors (Lipinski definition) is 4. The molecule has 0 aliphatic carbocycles. The van der Waals surface area contributed by atoms with Crippen LogP contribution in [0.25, 0.3) is 0 Å². The number of methoxy groups -OCH3 is 1. The molecule has 2 aromatic rings. The number of hydrogen-bond donors (Lipinski definition) is 0. The van der Waals surface area contributed by atoms with Gasteiger partial charge in [-0.2, -0.15) is 0 Å². The third-order valence-electron chi connectivity index (χ3n) is 2.81. The Bertz CT molecular complexity index is 574. The first-order valence-electron chi connectivity index (χ1n) is 6.07. The minimum Gasteiger partial charge on any atom is -0.492 e. The Balaban J connectivity index is 2.11. The van der Waals surface area contributed by atoms with Crippen LogP contribution in [0.2, 0.25) is 0 Å². The van der Waals surface area contributed by atoms with E-state index in [0.717, 1.165) is 5.56 Å². The van der Waals surface area contributed by atoms with Crippen LogP contribution in [0.4, 0.5) is 4.39 Å². The third kappa shape index (κ3) is 3.54. The van der Waals surface area contributed by atoms with Gasteiger partial charge in [-0.1, -0.05) is 6.07 Å². The summed E-state index contributed by atoms with van der Waals surface area (Å²) >= 11 is 0. The summed E-state index contributed by atoms with van der Waals surface area (Å²) in [5.74, 6) is -1.01. The van der Waals surface area contributed by atoms with Gasteiger partial charge in [0.05, 0.1) is 7.11 Å². The van der Waals surface area contributed by atoms with E-state index in [2.05, 4.69) is 4.98 Å². The smallest absolute Gasteiger partial charge is 0.316 e. The number of esters is 1. The van der Waals surface area contributed by atoms with Crippen LogP contribution < -0.4 is 4.74 Å². The number of carbonyl (C=O) groups excluding carboxylic acids is 1. The normalized spacial score (nSPS) is 11.7. The van der Waals surface area contributed by atoms with Gasteiger partial charge in [0.1, 0.15) is 24.1 Å². The van der Waals surface area contributed by atoms with Crippen molar-refractivity contribution >= 4 is 5.97 Å². The van der Waals surface area contributed by atoms with Gasteiger partial charge in [-0.3, -0.25) is 9.78 Å². The zero-order valence-corrected chi connectivity index (χ0v) is 11.0. The number of nitrogens with zero attached hydrogens (tertiary/aromatic N) is 1. The van der Waals surface area contributed by atoms with Gasteiger partial charge in [0.15, 0.2) is 0 Å². The molecule has 0 aliphatic rings. The molecular formula is C15H14FNO3. The van der Waals surface area contributed by atoms with E-state index in [0.29, 0.717) is 5.75 Å². The van der Waals surface area contributed by atoms with Gasteiger partial charge >= 0.3 is 5.97 Å². The zero-order chi connectivity index (χ0) is 14.4. The van der Waals surface area contributed by atoms with E-state index >= 15 is 0 Å². The van der Waals surface area contributed by atoms with Crippen molar-refractivity contribution in [3.05, 3.63) is 60.2 Å². The first kappa shape index (κ1) is 14.0. The molecular weight excluding hydrogens is 261 g/mol. The van der Waals surface area contributed by atoms with Crippen LogP contribution in [0, 0.1) is 5.82 Å². The second kappa shape index (κ2) is 6.65. The summed E-state index contributed by atoms with van der Waals surface area (Å²) in [5, 5.41) is 0. The highest BCUT2D eigenvalue weighted by atomic mass is 19.1. The molecule has 1 aromatic heterocycles. The molecule has 0 bridgehead atoms. The lowest BCUT2D eigenvalue weighted by Gasteiger charge is -2.15. The molecule has 0 saturated heterocycles. The highest BCUT2D eigenvalue weighted by Crippen LogP contribution is 2.20. The summed E-state index contributed by atoms with van der Waals surface area (Å²) in [5.41, 5.74) is 0.739. The van der Waals surface area contributed by atoms with E-state index in [1.54, 1.807) is 36.7 Å². The number of ether oxygens (including phenoxy) is 2. The van der Waals surface area contributed by atoms with E-state index in [-0.39, 0.29) is 12.4 Å². The van der Waals surface area contributed by atoms with E-state index in [1.807, 2.05) is 0 Å². The Morgan fingerprint density at radius 1 is 1.30 bits per heavy atom. The molecule has 0 amide bonds. The van der Waals surface area contributed by atoms with Crippen LogP contribution in [-0.2, 0) is 9.53 Å². The summed E-state index contributed by atoms with van der Waals surface area (Å²) < 4.78 is 23.3. The van der Waals surface area contributed by atoms with Crippen LogP contribution in [0.1, 0.15) is 11.5 Å². The zero-order valence-electron chi connectivity index (χ0n) is 11.0. The van der Waals surface area contributed by atoms with Crippen LogP contribution >= 0.6 is 0 Å². The molecule has 0 spiro atoms. The molecule has 4 nitrogen and oxygen atoms in total. The van der Waals surface area contributed by atoms with Crippen molar-refractivity contribution in [3.63, 3.8) is 0 Å². The van der Waals surface area contributed by atoms with Crippen molar-refractivity contribution in [1.29, 1.82) is 0 Å². The fourth-order valence-electron chi connectivity index (χ4n) is 1.77. The number of pyridine rings is 1. The lowest BCUT2D eigenvalue weighted by molar-refractivity contribution is -0.143. The highest BCUT2D eigenvalue weighted by Gasteiger charge is 2.22. The van der Waals surface area contributed by atoms with Crippen LogP contribution in [0.3, 0.4) is 0 Å². The maximum Gasteiger partial charge on any atom is 0.316 e. The number of benzene rings is 1. The van der Waals surface area contributed by atoms with Crippen LogP contribution in [0.5, 0.6) is 5.75 Å². The van der Waals surface area contributed by atoms with Crippen molar-refractivity contribution in [2.75, 3.05) is 13.7 Å². The first-order valence-corrected chi connectivity index (χ1v) is 6.07. The minimum atomic E-state index is -0.578. The third-order valence-corrected chi connectivity index (χ3v) is 2.81. The number of carbonyl (C=O) groups is 1.